The van der Waals surface area contributed by atoms with Crippen LogP contribution < -0.4 is 0 Å². The largest absolute Gasteiger partial charge is 0.376 e. The molecule has 1 atom stereocenters. The molecule has 2 amide bonds. The van der Waals surface area contributed by atoms with Crippen LogP contribution in [0.25, 0.3) is 11.0 Å². The smallest absolute Gasteiger partial charge is 0.254 e. The van der Waals surface area contributed by atoms with Gasteiger partial charge in [0.2, 0.25) is 5.91 Å². The number of nitrogens with one attached hydrogen (secondary N) is 1. The standard InChI is InChI=1S/C18H23N5O3/c24-17(22-7-1-2-8-22)12-23(11-14-4-3-9-26-14)18(25)13-5-6-15-16(10-13)20-21-19-15/h5-6,10,14H,1-4,7-9,11-12H2,(H,19,20,21). The molecular weight excluding hydrogens is 334 g/mol. The molecule has 1 N–H and O–H groups in total. The summed E-state index contributed by atoms with van der Waals surface area (Å²) in [5, 5.41) is 10.6. The van der Waals surface area contributed by atoms with E-state index in [9.17, 15) is 9.59 Å². The Kier molecular flexibility index (Phi) is 4.83. The molecule has 0 bridgehead atoms. The van der Waals surface area contributed by atoms with Crippen LogP contribution in [0.1, 0.15) is 36.0 Å². The molecule has 0 radical (unpaired) electrons. The van der Waals surface area contributed by atoms with Gasteiger partial charge in [0.25, 0.3) is 5.91 Å². The second-order valence-corrected chi connectivity index (χ2v) is 6.94. The van der Waals surface area contributed by atoms with Crippen molar-refractivity contribution in [3.63, 3.8) is 0 Å². The maximum absolute atomic E-state index is 13.1. The average molecular weight is 357 g/mol. The Morgan fingerprint density at radius 3 is 2.77 bits per heavy atom. The second kappa shape index (κ2) is 7.41. The number of ether oxygens (including phenoxy) is 1. The zero-order valence-electron chi connectivity index (χ0n) is 14.7. The first-order chi connectivity index (χ1) is 12.7. The molecule has 0 saturated carbocycles. The van der Waals surface area contributed by atoms with Gasteiger partial charge in [0, 0.05) is 31.8 Å². The highest BCUT2D eigenvalue weighted by Crippen LogP contribution is 2.18. The predicted molar refractivity (Wildman–Crippen MR) is 94.6 cm³/mol. The Balaban J connectivity index is 1.53. The number of aromatic amines is 1. The zero-order chi connectivity index (χ0) is 17.9. The van der Waals surface area contributed by atoms with Crippen molar-refractivity contribution in [2.75, 3.05) is 32.8 Å². The third kappa shape index (κ3) is 3.55. The van der Waals surface area contributed by atoms with Crippen LogP contribution in [0.15, 0.2) is 18.2 Å². The maximum atomic E-state index is 13.1. The number of aromatic nitrogens is 3. The van der Waals surface area contributed by atoms with E-state index in [4.69, 9.17) is 4.74 Å². The number of amides is 2. The molecule has 0 aliphatic carbocycles. The lowest BCUT2D eigenvalue weighted by atomic mass is 10.1. The van der Waals surface area contributed by atoms with Gasteiger partial charge in [-0.2, -0.15) is 15.4 Å². The molecule has 8 heteroatoms. The molecule has 2 aliphatic rings. The summed E-state index contributed by atoms with van der Waals surface area (Å²) in [6.07, 6.45) is 3.99. The summed E-state index contributed by atoms with van der Waals surface area (Å²) in [6.45, 7) is 2.82. The Bertz CT molecular complexity index is 793. The van der Waals surface area contributed by atoms with Gasteiger partial charge in [-0.1, -0.05) is 0 Å². The Hall–Kier alpha value is -2.48. The number of nitrogens with zero attached hydrogens (tertiary/aromatic N) is 4. The number of rotatable bonds is 5. The van der Waals surface area contributed by atoms with Gasteiger partial charge in [-0.25, -0.2) is 0 Å². The molecule has 1 unspecified atom stereocenters. The molecule has 2 aromatic rings. The molecule has 1 aromatic heterocycles. The number of likely N-dealkylation sites (tertiary alicyclic amines) is 1. The van der Waals surface area contributed by atoms with Crippen molar-refractivity contribution < 1.29 is 14.3 Å². The summed E-state index contributed by atoms with van der Waals surface area (Å²) in [5.41, 5.74) is 1.86. The third-order valence-electron chi connectivity index (χ3n) is 5.08. The van der Waals surface area contributed by atoms with E-state index >= 15 is 0 Å². The molecule has 3 heterocycles. The lowest BCUT2D eigenvalue weighted by Gasteiger charge is -2.27. The van der Waals surface area contributed by atoms with Crippen LogP contribution in [0.2, 0.25) is 0 Å². The number of hydrogen-bond acceptors (Lipinski definition) is 5. The van der Waals surface area contributed by atoms with Crippen molar-refractivity contribution in [3.05, 3.63) is 23.8 Å². The fourth-order valence-electron chi connectivity index (χ4n) is 3.64. The molecule has 2 saturated heterocycles. The number of H-pyrrole nitrogens is 1. The van der Waals surface area contributed by atoms with Crippen LogP contribution in [0, 0.1) is 0 Å². The monoisotopic (exact) mass is 357 g/mol. The predicted octanol–water partition coefficient (Wildman–Crippen LogP) is 1.20. The summed E-state index contributed by atoms with van der Waals surface area (Å²) < 4.78 is 5.69. The van der Waals surface area contributed by atoms with Crippen LogP contribution in [0.3, 0.4) is 0 Å². The van der Waals surface area contributed by atoms with E-state index in [-0.39, 0.29) is 24.5 Å². The summed E-state index contributed by atoms with van der Waals surface area (Å²) in [5.74, 6) is -0.158. The third-order valence-corrected chi connectivity index (χ3v) is 5.08. The van der Waals surface area contributed by atoms with Crippen molar-refractivity contribution in [1.82, 2.24) is 25.2 Å². The summed E-state index contributed by atoms with van der Waals surface area (Å²) in [4.78, 5) is 29.2. The number of hydrogen-bond donors (Lipinski definition) is 1. The van der Waals surface area contributed by atoms with E-state index in [1.807, 2.05) is 4.90 Å². The van der Waals surface area contributed by atoms with Crippen molar-refractivity contribution in [3.8, 4) is 0 Å². The van der Waals surface area contributed by atoms with Gasteiger partial charge in [0.1, 0.15) is 17.6 Å². The number of carbonyl (C=O) groups is 2. The van der Waals surface area contributed by atoms with Gasteiger partial charge in [-0.05, 0) is 43.9 Å². The van der Waals surface area contributed by atoms with Gasteiger partial charge >= 0.3 is 0 Å². The van der Waals surface area contributed by atoms with Gasteiger partial charge in [-0.3, -0.25) is 9.59 Å². The van der Waals surface area contributed by atoms with E-state index in [0.717, 1.165) is 45.4 Å². The maximum Gasteiger partial charge on any atom is 0.254 e. The van der Waals surface area contributed by atoms with Crippen LogP contribution in [-0.2, 0) is 9.53 Å². The summed E-state index contributed by atoms with van der Waals surface area (Å²) in [6, 6.07) is 5.21. The summed E-state index contributed by atoms with van der Waals surface area (Å²) in [7, 11) is 0. The Labute approximate surface area is 151 Å². The van der Waals surface area contributed by atoms with Gasteiger partial charge in [-0.15, -0.1) is 0 Å². The normalized spacial score (nSPS) is 20.0. The first-order valence-electron chi connectivity index (χ1n) is 9.20. The van der Waals surface area contributed by atoms with Gasteiger partial charge in [0.15, 0.2) is 0 Å². The zero-order valence-corrected chi connectivity index (χ0v) is 14.7. The molecule has 2 aliphatic heterocycles. The highest BCUT2D eigenvalue weighted by molar-refractivity contribution is 5.99. The lowest BCUT2D eigenvalue weighted by molar-refractivity contribution is -0.131. The van der Waals surface area contributed by atoms with Gasteiger partial charge in [0.05, 0.1) is 6.10 Å². The lowest BCUT2D eigenvalue weighted by Crippen LogP contribution is -2.45. The minimum absolute atomic E-state index is 0.00103. The van der Waals surface area contributed by atoms with Crippen LogP contribution in [-0.4, -0.2) is 75.9 Å². The topological polar surface area (TPSA) is 91.4 Å². The molecule has 1 aromatic carbocycles. The summed E-state index contributed by atoms with van der Waals surface area (Å²) >= 11 is 0. The number of fused-ring (bicyclic) bond motifs is 1. The highest BCUT2D eigenvalue weighted by Gasteiger charge is 2.28. The first-order valence-corrected chi connectivity index (χ1v) is 9.20. The number of benzene rings is 1. The molecule has 2 fully saturated rings. The van der Waals surface area contributed by atoms with E-state index in [0.29, 0.717) is 23.1 Å². The highest BCUT2D eigenvalue weighted by atomic mass is 16.5. The fraction of sp³-hybridized carbons (Fsp3) is 0.556. The Morgan fingerprint density at radius 2 is 2.00 bits per heavy atom. The van der Waals surface area contributed by atoms with Crippen molar-refractivity contribution in [1.29, 1.82) is 0 Å². The van der Waals surface area contributed by atoms with Crippen LogP contribution in [0.4, 0.5) is 0 Å². The molecule has 0 spiro atoms. The molecule has 26 heavy (non-hydrogen) atoms. The van der Waals surface area contributed by atoms with Crippen molar-refractivity contribution in [2.45, 2.75) is 31.8 Å². The quantitative estimate of drug-likeness (QED) is 0.868. The van der Waals surface area contributed by atoms with E-state index < -0.39 is 0 Å². The van der Waals surface area contributed by atoms with E-state index in [2.05, 4.69) is 15.4 Å². The van der Waals surface area contributed by atoms with Crippen LogP contribution in [0.5, 0.6) is 0 Å². The second-order valence-electron chi connectivity index (χ2n) is 6.94. The van der Waals surface area contributed by atoms with Crippen LogP contribution >= 0.6 is 0 Å². The van der Waals surface area contributed by atoms with E-state index in [1.54, 1.807) is 23.1 Å². The van der Waals surface area contributed by atoms with E-state index in [1.165, 1.54) is 0 Å². The SMILES string of the molecule is O=C(CN(CC1CCCO1)C(=O)c1ccc2n[nH]nc2c1)N1CCCC1. The minimum Gasteiger partial charge on any atom is -0.376 e. The van der Waals surface area contributed by atoms with Gasteiger partial charge < -0.3 is 14.5 Å². The molecule has 8 nitrogen and oxygen atoms in total. The van der Waals surface area contributed by atoms with Crippen molar-refractivity contribution >= 4 is 22.8 Å². The fourth-order valence-corrected chi connectivity index (χ4v) is 3.64. The molecule has 138 valence electrons. The average Bonchev–Trinajstić information content (AvgIpc) is 3.41. The first kappa shape index (κ1) is 17.0. The molecular formula is C18H23N5O3. The Morgan fingerprint density at radius 1 is 1.19 bits per heavy atom. The molecule has 4 rings (SSSR count). The number of carbonyl (C=O) groups excluding carboxylic acids is 2. The van der Waals surface area contributed by atoms with Crippen molar-refractivity contribution in [2.24, 2.45) is 0 Å². The minimum atomic E-state index is -0.169.